The van der Waals surface area contributed by atoms with Crippen LogP contribution >= 0.6 is 23.1 Å². The lowest BCUT2D eigenvalue weighted by Gasteiger charge is -2.17. The summed E-state index contributed by atoms with van der Waals surface area (Å²) in [6.45, 7) is 0. The highest BCUT2D eigenvalue weighted by Gasteiger charge is 2.36. The molecular weight excluding hydrogens is 340 g/mol. The second-order valence-electron chi connectivity index (χ2n) is 6.05. The second-order valence-corrected chi connectivity index (χ2v) is 7.79. The lowest BCUT2D eigenvalue weighted by molar-refractivity contribution is 0.372. The van der Waals surface area contributed by atoms with Crippen molar-refractivity contribution >= 4 is 23.1 Å². The standard InChI is InChI=1S/C17H18N4OS2/c18-17(7-3-4-8-17)16-20-15(22-21-16)13-5-1-2-6-14(13)24-10-12-9-23-11-19-12/h1-2,5-6,9,11H,3-4,7-8,10,18H2. The molecule has 1 aliphatic rings. The van der Waals surface area contributed by atoms with Crippen molar-refractivity contribution in [3.8, 4) is 11.5 Å². The van der Waals surface area contributed by atoms with Crippen LogP contribution in [-0.4, -0.2) is 15.1 Å². The average molecular weight is 358 g/mol. The number of benzene rings is 1. The van der Waals surface area contributed by atoms with Crippen molar-refractivity contribution < 1.29 is 4.52 Å². The summed E-state index contributed by atoms with van der Waals surface area (Å²) >= 11 is 3.34. The molecule has 0 amide bonds. The molecule has 1 aromatic carbocycles. The Morgan fingerprint density at radius 1 is 1.25 bits per heavy atom. The summed E-state index contributed by atoms with van der Waals surface area (Å²) in [4.78, 5) is 10.0. The van der Waals surface area contributed by atoms with Crippen LogP contribution in [0.4, 0.5) is 0 Å². The highest BCUT2D eigenvalue weighted by molar-refractivity contribution is 7.98. The number of nitrogens with zero attached hydrogens (tertiary/aromatic N) is 3. The Balaban J connectivity index is 1.59. The van der Waals surface area contributed by atoms with Crippen LogP contribution in [0.2, 0.25) is 0 Å². The monoisotopic (exact) mass is 358 g/mol. The summed E-state index contributed by atoms with van der Waals surface area (Å²) in [6, 6.07) is 8.09. The topological polar surface area (TPSA) is 77.8 Å². The molecule has 5 nitrogen and oxygen atoms in total. The number of aromatic nitrogens is 3. The van der Waals surface area contributed by atoms with Gasteiger partial charge in [-0.15, -0.1) is 23.1 Å². The molecule has 0 spiro atoms. The Kier molecular flexibility index (Phi) is 4.39. The third kappa shape index (κ3) is 3.11. The van der Waals surface area contributed by atoms with Gasteiger partial charge in [-0.1, -0.05) is 30.1 Å². The van der Waals surface area contributed by atoms with Crippen molar-refractivity contribution in [2.75, 3.05) is 0 Å². The number of hydrogen-bond acceptors (Lipinski definition) is 7. The summed E-state index contributed by atoms with van der Waals surface area (Å²) in [6.07, 6.45) is 4.10. The highest BCUT2D eigenvalue weighted by atomic mass is 32.2. The smallest absolute Gasteiger partial charge is 0.259 e. The van der Waals surface area contributed by atoms with Gasteiger partial charge < -0.3 is 10.3 Å². The molecule has 0 unspecified atom stereocenters. The van der Waals surface area contributed by atoms with Gasteiger partial charge in [-0.25, -0.2) is 4.98 Å². The minimum absolute atomic E-state index is 0.426. The van der Waals surface area contributed by atoms with Crippen LogP contribution < -0.4 is 5.73 Å². The van der Waals surface area contributed by atoms with E-state index in [0.29, 0.717) is 11.7 Å². The largest absolute Gasteiger partial charge is 0.334 e. The Hall–Kier alpha value is -1.70. The van der Waals surface area contributed by atoms with Gasteiger partial charge in [0.1, 0.15) is 0 Å². The van der Waals surface area contributed by atoms with Crippen molar-refractivity contribution in [2.24, 2.45) is 5.73 Å². The number of hydrogen-bond donors (Lipinski definition) is 1. The predicted molar refractivity (Wildman–Crippen MR) is 95.7 cm³/mol. The fourth-order valence-electron chi connectivity index (χ4n) is 2.99. The molecule has 2 N–H and O–H groups in total. The van der Waals surface area contributed by atoms with E-state index in [4.69, 9.17) is 10.3 Å². The van der Waals surface area contributed by atoms with Gasteiger partial charge in [0.2, 0.25) is 0 Å². The van der Waals surface area contributed by atoms with E-state index in [0.717, 1.165) is 47.6 Å². The highest BCUT2D eigenvalue weighted by Crippen LogP contribution is 2.37. The molecule has 124 valence electrons. The summed E-state index contributed by atoms with van der Waals surface area (Å²) in [5, 5.41) is 6.23. The number of thiazole rings is 1. The number of nitrogens with two attached hydrogens (primary N) is 1. The molecule has 24 heavy (non-hydrogen) atoms. The Morgan fingerprint density at radius 2 is 2.08 bits per heavy atom. The summed E-state index contributed by atoms with van der Waals surface area (Å²) < 4.78 is 5.54. The summed E-state index contributed by atoms with van der Waals surface area (Å²) in [7, 11) is 0. The quantitative estimate of drug-likeness (QED) is 0.688. The molecule has 1 fully saturated rings. The fourth-order valence-corrected chi connectivity index (χ4v) is 4.61. The van der Waals surface area contributed by atoms with E-state index >= 15 is 0 Å². The van der Waals surface area contributed by atoms with Crippen LogP contribution in [0.1, 0.15) is 37.2 Å². The van der Waals surface area contributed by atoms with Gasteiger partial charge in [-0.2, -0.15) is 4.98 Å². The molecule has 0 saturated heterocycles. The first-order valence-electron chi connectivity index (χ1n) is 7.97. The maximum Gasteiger partial charge on any atom is 0.259 e. The van der Waals surface area contributed by atoms with Gasteiger partial charge >= 0.3 is 0 Å². The van der Waals surface area contributed by atoms with Gasteiger partial charge in [0.25, 0.3) is 5.89 Å². The van der Waals surface area contributed by atoms with Crippen LogP contribution in [0, 0.1) is 0 Å². The molecule has 1 saturated carbocycles. The van der Waals surface area contributed by atoms with E-state index < -0.39 is 5.54 Å². The van der Waals surface area contributed by atoms with Crippen molar-refractivity contribution in [1.82, 2.24) is 15.1 Å². The van der Waals surface area contributed by atoms with E-state index in [1.54, 1.807) is 23.1 Å². The molecule has 2 heterocycles. The van der Waals surface area contributed by atoms with Crippen LogP contribution in [0.25, 0.3) is 11.5 Å². The van der Waals surface area contributed by atoms with Crippen molar-refractivity contribution in [3.05, 3.63) is 46.7 Å². The third-order valence-corrected chi connectivity index (χ3v) is 6.09. The predicted octanol–water partition coefficient (Wildman–Crippen LogP) is 4.21. The number of rotatable bonds is 5. The zero-order valence-corrected chi connectivity index (χ0v) is 14.8. The molecule has 0 aliphatic heterocycles. The van der Waals surface area contributed by atoms with Crippen LogP contribution in [0.3, 0.4) is 0 Å². The van der Waals surface area contributed by atoms with Crippen LogP contribution in [-0.2, 0) is 11.3 Å². The molecule has 0 bridgehead atoms. The molecule has 2 aromatic heterocycles. The molecule has 4 rings (SSSR count). The fraction of sp³-hybridized carbons (Fsp3) is 0.353. The van der Waals surface area contributed by atoms with E-state index in [9.17, 15) is 0 Å². The number of thioether (sulfide) groups is 1. The van der Waals surface area contributed by atoms with Gasteiger partial charge in [0, 0.05) is 16.0 Å². The SMILES string of the molecule is NC1(c2noc(-c3ccccc3SCc3cscn3)n2)CCCC1. The molecular formula is C17H18N4OS2. The van der Waals surface area contributed by atoms with Gasteiger partial charge in [0.15, 0.2) is 5.82 Å². The van der Waals surface area contributed by atoms with E-state index in [1.165, 1.54) is 0 Å². The maximum absolute atomic E-state index is 6.44. The lowest BCUT2D eigenvalue weighted by atomic mass is 9.99. The normalized spacial score (nSPS) is 16.5. The van der Waals surface area contributed by atoms with Gasteiger partial charge in [-0.05, 0) is 25.0 Å². The van der Waals surface area contributed by atoms with E-state index in [1.807, 2.05) is 23.7 Å². The van der Waals surface area contributed by atoms with Crippen LogP contribution in [0.5, 0.6) is 0 Å². The first kappa shape index (κ1) is 15.8. The summed E-state index contributed by atoms with van der Waals surface area (Å²) in [5.74, 6) is 2.00. The van der Waals surface area contributed by atoms with Crippen molar-refractivity contribution in [2.45, 2.75) is 41.9 Å². The zero-order valence-electron chi connectivity index (χ0n) is 13.1. The molecule has 3 aromatic rings. The maximum atomic E-state index is 6.44. The van der Waals surface area contributed by atoms with Crippen molar-refractivity contribution in [3.63, 3.8) is 0 Å². The lowest BCUT2D eigenvalue weighted by Crippen LogP contribution is -2.34. The Labute approximate surface area is 148 Å². The summed E-state index contributed by atoms with van der Waals surface area (Å²) in [5.41, 5.74) is 9.90. The first-order chi connectivity index (χ1) is 11.7. The molecule has 0 atom stereocenters. The first-order valence-corrected chi connectivity index (χ1v) is 9.90. The Bertz CT molecular complexity index is 810. The minimum Gasteiger partial charge on any atom is -0.334 e. The molecule has 0 radical (unpaired) electrons. The second kappa shape index (κ2) is 6.66. The van der Waals surface area contributed by atoms with Crippen molar-refractivity contribution in [1.29, 1.82) is 0 Å². The zero-order chi connectivity index (χ0) is 16.4. The molecule has 1 aliphatic carbocycles. The van der Waals surface area contributed by atoms with E-state index in [2.05, 4.69) is 26.6 Å². The Morgan fingerprint density at radius 3 is 2.88 bits per heavy atom. The molecule has 7 heteroatoms. The third-order valence-electron chi connectivity index (χ3n) is 4.34. The minimum atomic E-state index is -0.426. The van der Waals surface area contributed by atoms with Gasteiger partial charge in [0.05, 0.1) is 22.3 Å². The van der Waals surface area contributed by atoms with Gasteiger partial charge in [-0.3, -0.25) is 0 Å². The van der Waals surface area contributed by atoms with E-state index in [-0.39, 0.29) is 0 Å². The van der Waals surface area contributed by atoms with Crippen LogP contribution in [0.15, 0.2) is 44.6 Å². The average Bonchev–Trinajstić information content (AvgIpc) is 3.35.